The highest BCUT2D eigenvalue weighted by molar-refractivity contribution is 7.99. The molecule has 1 atom stereocenters. The van der Waals surface area contributed by atoms with Gasteiger partial charge in [-0.1, -0.05) is 65.8 Å². The number of thioether (sulfide) groups is 1. The molecule has 3 heterocycles. The topological polar surface area (TPSA) is 108 Å². The number of benzene rings is 2. The van der Waals surface area contributed by atoms with Crippen LogP contribution in [0, 0.1) is 0 Å². The van der Waals surface area contributed by atoms with Crippen LogP contribution in [0.15, 0.2) is 66.0 Å². The van der Waals surface area contributed by atoms with Gasteiger partial charge in [0.05, 0.1) is 22.7 Å². The Hall–Kier alpha value is -4.05. The first-order valence-corrected chi connectivity index (χ1v) is 12.1. The lowest BCUT2D eigenvalue weighted by molar-refractivity contribution is -0.764. The number of rotatable bonds is 4. The third kappa shape index (κ3) is 3.85. The minimum Gasteiger partial charge on any atom is -0.854 e. The molecule has 1 aliphatic heterocycles. The van der Waals surface area contributed by atoms with E-state index in [1.54, 1.807) is 34.0 Å². The number of anilines is 1. The summed E-state index contributed by atoms with van der Waals surface area (Å²) in [5.41, 5.74) is 3.26. The molecule has 0 N–H and O–H groups in total. The molecule has 0 fully saturated rings. The summed E-state index contributed by atoms with van der Waals surface area (Å²) in [6.45, 7) is 4.83. The molecule has 10 heteroatoms. The number of para-hydroxylation sites is 1. The number of amides is 1. The van der Waals surface area contributed by atoms with Crippen molar-refractivity contribution in [2.75, 3.05) is 10.7 Å². The number of carbonyl (C=O) groups is 2. The molecule has 1 unspecified atom stereocenters. The lowest BCUT2D eigenvalue weighted by Crippen LogP contribution is -2.58. The highest BCUT2D eigenvalue weighted by Gasteiger charge is 2.46. The van der Waals surface area contributed by atoms with Crippen molar-refractivity contribution in [2.24, 2.45) is 0 Å². The molecular formula is C25H22N6O3S. The Bertz CT molecular complexity index is 1450. The molecule has 0 aliphatic carbocycles. The summed E-state index contributed by atoms with van der Waals surface area (Å²) < 4.78 is 2.79. The second-order valence-electron chi connectivity index (χ2n) is 7.97. The largest absolute Gasteiger partial charge is 0.854 e. The van der Waals surface area contributed by atoms with Gasteiger partial charge in [0.1, 0.15) is 5.69 Å². The van der Waals surface area contributed by atoms with Gasteiger partial charge < -0.3 is 5.11 Å². The molecule has 35 heavy (non-hydrogen) atoms. The van der Waals surface area contributed by atoms with Crippen LogP contribution in [0.3, 0.4) is 0 Å². The van der Waals surface area contributed by atoms with Crippen molar-refractivity contribution in [2.45, 2.75) is 32.1 Å². The fourth-order valence-electron chi connectivity index (χ4n) is 4.30. The standard InChI is InChI=1S/C25H22N6O3S/c1-4-35-25-26-23(34)22-18-12-8-9-13-20(18)30(16(3)33)24(31(22)28-25)19-14-29(15(2)32)27-21(19)17-10-6-5-7-11-17/h5-14,24H,4H2,1-3H3. The molecule has 5 rings (SSSR count). The van der Waals surface area contributed by atoms with Crippen molar-refractivity contribution in [3.05, 3.63) is 66.4 Å². The van der Waals surface area contributed by atoms with Crippen LogP contribution in [0.4, 0.5) is 5.69 Å². The van der Waals surface area contributed by atoms with Gasteiger partial charge in [0, 0.05) is 30.7 Å². The molecule has 0 radical (unpaired) electrons. The minimum absolute atomic E-state index is 0.244. The summed E-state index contributed by atoms with van der Waals surface area (Å²) in [5, 5.41) is 22.8. The number of carbonyl (C=O) groups excluding carboxylic acids is 2. The van der Waals surface area contributed by atoms with Gasteiger partial charge in [-0.2, -0.15) is 5.10 Å². The molecule has 0 saturated carbocycles. The SMILES string of the molecule is CCSc1nc([O-])c2[n+](n1)C(c1cn(C(C)=O)nc1-c1ccccc1)N(C(C)=O)c1ccccc1-2. The Morgan fingerprint density at radius 1 is 1.06 bits per heavy atom. The lowest BCUT2D eigenvalue weighted by atomic mass is 9.99. The van der Waals surface area contributed by atoms with Gasteiger partial charge in [-0.15, -0.1) is 0 Å². The van der Waals surface area contributed by atoms with E-state index in [0.29, 0.717) is 33.4 Å². The molecule has 0 saturated heterocycles. The normalized spacial score (nSPS) is 14.4. The van der Waals surface area contributed by atoms with Crippen molar-refractivity contribution in [1.82, 2.24) is 19.9 Å². The molecule has 2 aromatic heterocycles. The van der Waals surface area contributed by atoms with Gasteiger partial charge in [-0.25, -0.2) is 14.6 Å². The molecule has 1 amide bonds. The van der Waals surface area contributed by atoms with Gasteiger partial charge in [-0.05, 0) is 17.9 Å². The van der Waals surface area contributed by atoms with Crippen LogP contribution in [-0.4, -0.2) is 37.4 Å². The first-order valence-electron chi connectivity index (χ1n) is 11.1. The van der Waals surface area contributed by atoms with E-state index >= 15 is 0 Å². The summed E-state index contributed by atoms with van der Waals surface area (Å²) in [7, 11) is 0. The van der Waals surface area contributed by atoms with Crippen LogP contribution >= 0.6 is 11.8 Å². The molecule has 9 nitrogen and oxygen atoms in total. The fraction of sp³-hybridized carbons (Fsp3) is 0.200. The number of fused-ring (bicyclic) bond motifs is 3. The van der Waals surface area contributed by atoms with Gasteiger partial charge >= 0.3 is 0 Å². The number of nitrogens with zero attached hydrogens (tertiary/aromatic N) is 6. The van der Waals surface area contributed by atoms with Gasteiger partial charge in [0.2, 0.25) is 11.8 Å². The fourth-order valence-corrected chi connectivity index (χ4v) is 4.86. The van der Waals surface area contributed by atoms with Gasteiger partial charge in [-0.3, -0.25) is 9.59 Å². The van der Waals surface area contributed by atoms with Crippen LogP contribution < -0.4 is 14.7 Å². The second-order valence-corrected chi connectivity index (χ2v) is 9.20. The predicted octanol–water partition coefficient (Wildman–Crippen LogP) is 3.05. The lowest BCUT2D eigenvalue weighted by Gasteiger charge is -2.32. The maximum Gasteiger partial charge on any atom is 0.296 e. The predicted molar refractivity (Wildman–Crippen MR) is 129 cm³/mol. The summed E-state index contributed by atoms with van der Waals surface area (Å²) in [6.07, 6.45) is 0.752. The third-order valence-corrected chi connectivity index (χ3v) is 6.44. The van der Waals surface area contributed by atoms with E-state index < -0.39 is 12.0 Å². The highest BCUT2D eigenvalue weighted by Crippen LogP contribution is 2.42. The Morgan fingerprint density at radius 3 is 2.46 bits per heavy atom. The van der Waals surface area contributed by atoms with Crippen molar-refractivity contribution in [3.8, 4) is 28.4 Å². The Morgan fingerprint density at radius 2 is 1.77 bits per heavy atom. The zero-order chi connectivity index (χ0) is 24.7. The zero-order valence-electron chi connectivity index (χ0n) is 19.4. The maximum atomic E-state index is 13.3. The highest BCUT2D eigenvalue weighted by atomic mass is 32.2. The number of hydrogen-bond acceptors (Lipinski definition) is 7. The molecule has 1 aliphatic rings. The summed E-state index contributed by atoms with van der Waals surface area (Å²) in [5.74, 6) is -0.282. The van der Waals surface area contributed by atoms with E-state index in [1.165, 1.54) is 30.3 Å². The smallest absolute Gasteiger partial charge is 0.296 e. The molecule has 4 aromatic rings. The van der Waals surface area contributed by atoms with Crippen LogP contribution in [0.2, 0.25) is 0 Å². The summed E-state index contributed by atoms with van der Waals surface area (Å²) >= 11 is 1.34. The first kappa shape index (κ1) is 22.7. The van der Waals surface area contributed by atoms with Crippen molar-refractivity contribution >= 4 is 29.3 Å². The molecule has 2 aromatic carbocycles. The van der Waals surface area contributed by atoms with Gasteiger partial charge in [0.25, 0.3) is 17.0 Å². The van der Waals surface area contributed by atoms with Crippen molar-refractivity contribution < 1.29 is 19.4 Å². The van der Waals surface area contributed by atoms with Gasteiger partial charge in [0.15, 0.2) is 0 Å². The number of hydrogen-bond donors (Lipinski definition) is 0. The van der Waals surface area contributed by atoms with E-state index in [9.17, 15) is 14.7 Å². The maximum absolute atomic E-state index is 13.3. The average molecular weight is 487 g/mol. The molecular weight excluding hydrogens is 464 g/mol. The van der Waals surface area contributed by atoms with Crippen LogP contribution in [0.1, 0.15) is 37.3 Å². The Balaban J connectivity index is 1.86. The second kappa shape index (κ2) is 8.95. The van der Waals surface area contributed by atoms with Crippen molar-refractivity contribution in [1.29, 1.82) is 0 Å². The minimum atomic E-state index is -0.854. The summed E-state index contributed by atoms with van der Waals surface area (Å²) in [6, 6.07) is 16.6. The van der Waals surface area contributed by atoms with E-state index in [4.69, 9.17) is 5.10 Å². The quantitative estimate of drug-likeness (QED) is 0.322. The van der Waals surface area contributed by atoms with Crippen LogP contribution in [-0.2, 0) is 4.79 Å². The Labute approximate surface area is 206 Å². The average Bonchev–Trinajstić information content (AvgIpc) is 3.29. The molecule has 0 bridgehead atoms. The van der Waals surface area contributed by atoms with E-state index in [2.05, 4.69) is 10.1 Å². The van der Waals surface area contributed by atoms with E-state index in [0.717, 1.165) is 5.56 Å². The van der Waals surface area contributed by atoms with Crippen LogP contribution in [0.5, 0.6) is 5.88 Å². The summed E-state index contributed by atoms with van der Waals surface area (Å²) in [4.78, 5) is 31.2. The monoisotopic (exact) mass is 486 g/mol. The molecule has 176 valence electrons. The molecule has 0 spiro atoms. The van der Waals surface area contributed by atoms with E-state index in [1.807, 2.05) is 43.3 Å². The van der Waals surface area contributed by atoms with E-state index in [-0.39, 0.29) is 17.5 Å². The van der Waals surface area contributed by atoms with Crippen LogP contribution in [0.25, 0.3) is 22.5 Å². The first-order chi connectivity index (χ1) is 16.9. The third-order valence-electron chi connectivity index (χ3n) is 5.72. The zero-order valence-corrected chi connectivity index (χ0v) is 20.2. The Kier molecular flexibility index (Phi) is 5.81. The number of aromatic nitrogens is 5. The van der Waals surface area contributed by atoms with Crippen molar-refractivity contribution in [3.63, 3.8) is 0 Å².